The molecule has 0 fully saturated rings. The normalized spacial score (nSPS) is 10.7. The zero-order chi connectivity index (χ0) is 11.0. The molecular formula is C14H17N. The molecule has 1 nitrogen and oxygen atoms in total. The van der Waals surface area contributed by atoms with Crippen LogP contribution in [0.4, 0.5) is 0 Å². The van der Waals surface area contributed by atoms with Crippen molar-refractivity contribution in [2.45, 2.75) is 27.7 Å². The topological polar surface area (TPSA) is 15.8 Å². The van der Waals surface area contributed by atoms with E-state index in [0.717, 1.165) is 0 Å². The highest BCUT2D eigenvalue weighted by Crippen LogP contribution is 2.24. The molecule has 1 aromatic heterocycles. The monoisotopic (exact) mass is 199 g/mol. The first-order valence-electron chi connectivity index (χ1n) is 5.32. The van der Waals surface area contributed by atoms with Gasteiger partial charge in [-0.25, -0.2) is 0 Å². The number of aromatic amines is 1. The first-order chi connectivity index (χ1) is 7.08. The van der Waals surface area contributed by atoms with E-state index in [9.17, 15) is 0 Å². The number of H-pyrrole nitrogens is 1. The fourth-order valence-corrected chi connectivity index (χ4v) is 1.97. The molecule has 0 amide bonds. The molecule has 0 atom stereocenters. The van der Waals surface area contributed by atoms with Crippen LogP contribution in [0.1, 0.15) is 30.7 Å². The number of fused-ring (bicyclic) bond motifs is 1. The maximum absolute atomic E-state index is 3.36. The molecule has 1 heteroatoms. The average molecular weight is 199 g/mol. The van der Waals surface area contributed by atoms with E-state index in [0.29, 0.717) is 0 Å². The minimum absolute atomic E-state index is 1.22. The minimum Gasteiger partial charge on any atom is -0.359 e. The number of allylic oxidation sites excluding steroid dienone is 1. The van der Waals surface area contributed by atoms with Gasteiger partial charge in [0.2, 0.25) is 0 Å². The van der Waals surface area contributed by atoms with Crippen LogP contribution < -0.4 is 0 Å². The van der Waals surface area contributed by atoms with Crippen LogP contribution in [0.3, 0.4) is 0 Å². The number of hydrogen-bond acceptors (Lipinski definition) is 0. The van der Waals surface area contributed by atoms with Crippen molar-refractivity contribution in [2.24, 2.45) is 0 Å². The summed E-state index contributed by atoms with van der Waals surface area (Å²) >= 11 is 0. The Bertz CT molecular complexity index is 526. The second-order valence-electron chi connectivity index (χ2n) is 4.42. The second-order valence-corrected chi connectivity index (χ2v) is 4.42. The summed E-state index contributed by atoms with van der Waals surface area (Å²) in [6, 6.07) is 6.55. The van der Waals surface area contributed by atoms with Crippen molar-refractivity contribution < 1.29 is 0 Å². The molecule has 0 aliphatic rings. The number of nitrogens with one attached hydrogen (secondary N) is 1. The summed E-state index contributed by atoms with van der Waals surface area (Å²) in [6.45, 7) is 8.54. The number of aryl methyl sites for hydroxylation is 2. The van der Waals surface area contributed by atoms with Crippen LogP contribution in [-0.4, -0.2) is 4.98 Å². The van der Waals surface area contributed by atoms with Crippen LogP contribution in [0.15, 0.2) is 23.8 Å². The summed E-state index contributed by atoms with van der Waals surface area (Å²) in [7, 11) is 0. The van der Waals surface area contributed by atoms with Crippen LogP contribution in [-0.2, 0) is 0 Å². The van der Waals surface area contributed by atoms with Gasteiger partial charge in [0.1, 0.15) is 0 Å². The Hall–Kier alpha value is -1.50. The van der Waals surface area contributed by atoms with Crippen LogP contribution in [0.5, 0.6) is 0 Å². The summed E-state index contributed by atoms with van der Waals surface area (Å²) in [4.78, 5) is 3.36. The van der Waals surface area contributed by atoms with Crippen LogP contribution in [0, 0.1) is 13.8 Å². The lowest BCUT2D eigenvalue weighted by atomic mass is 10.0. The summed E-state index contributed by atoms with van der Waals surface area (Å²) in [5.74, 6) is 0. The lowest BCUT2D eigenvalue weighted by Gasteiger charge is -2.02. The van der Waals surface area contributed by atoms with E-state index in [4.69, 9.17) is 0 Å². The fraction of sp³-hybridized carbons (Fsp3) is 0.286. The van der Waals surface area contributed by atoms with Gasteiger partial charge in [-0.3, -0.25) is 0 Å². The van der Waals surface area contributed by atoms with Crippen LogP contribution in [0.25, 0.3) is 17.0 Å². The highest BCUT2D eigenvalue weighted by atomic mass is 14.7. The zero-order valence-electron chi connectivity index (χ0n) is 9.81. The highest BCUT2D eigenvalue weighted by Gasteiger charge is 2.03. The van der Waals surface area contributed by atoms with Crippen molar-refractivity contribution in [3.05, 3.63) is 40.6 Å². The molecule has 1 heterocycles. The summed E-state index contributed by atoms with van der Waals surface area (Å²) < 4.78 is 0. The molecule has 1 aromatic carbocycles. The van der Waals surface area contributed by atoms with Crippen molar-refractivity contribution in [2.75, 3.05) is 0 Å². The largest absolute Gasteiger partial charge is 0.359 e. The molecule has 0 aliphatic heterocycles. The third-order valence-electron chi connectivity index (χ3n) is 2.69. The summed E-state index contributed by atoms with van der Waals surface area (Å²) in [6.07, 6.45) is 2.23. The SMILES string of the molecule is CC(C)=Cc1ccc2[nH]c(C)cc2c1C. The quantitative estimate of drug-likeness (QED) is 0.708. The van der Waals surface area contributed by atoms with E-state index in [-0.39, 0.29) is 0 Å². The minimum atomic E-state index is 1.22. The molecule has 15 heavy (non-hydrogen) atoms. The first kappa shape index (κ1) is 10.0. The van der Waals surface area contributed by atoms with E-state index in [2.05, 4.69) is 57.0 Å². The lowest BCUT2D eigenvalue weighted by molar-refractivity contribution is 1.30. The molecule has 2 rings (SSSR count). The van der Waals surface area contributed by atoms with Crippen molar-refractivity contribution in [3.63, 3.8) is 0 Å². The molecule has 0 radical (unpaired) electrons. The van der Waals surface area contributed by atoms with Crippen LogP contribution >= 0.6 is 0 Å². The second kappa shape index (κ2) is 3.58. The number of benzene rings is 1. The average Bonchev–Trinajstić information content (AvgIpc) is 2.51. The van der Waals surface area contributed by atoms with E-state index in [1.807, 2.05) is 0 Å². The molecule has 0 saturated heterocycles. The number of hydrogen-bond donors (Lipinski definition) is 1. The maximum atomic E-state index is 3.36. The molecule has 0 saturated carbocycles. The highest BCUT2D eigenvalue weighted by molar-refractivity contribution is 5.87. The molecule has 0 unspecified atom stereocenters. The zero-order valence-corrected chi connectivity index (χ0v) is 9.81. The molecule has 0 aliphatic carbocycles. The maximum Gasteiger partial charge on any atom is 0.0459 e. The lowest BCUT2D eigenvalue weighted by Crippen LogP contribution is -1.82. The van der Waals surface area contributed by atoms with Crippen molar-refractivity contribution >= 4 is 17.0 Å². The summed E-state index contributed by atoms with van der Waals surface area (Å²) in [5.41, 5.74) is 6.47. The Balaban J connectivity index is 2.69. The smallest absolute Gasteiger partial charge is 0.0459 e. The Morgan fingerprint density at radius 3 is 2.60 bits per heavy atom. The third-order valence-corrected chi connectivity index (χ3v) is 2.69. The van der Waals surface area contributed by atoms with E-state index < -0.39 is 0 Å². The molecule has 1 N–H and O–H groups in total. The van der Waals surface area contributed by atoms with Gasteiger partial charge in [-0.1, -0.05) is 17.7 Å². The van der Waals surface area contributed by atoms with E-state index in [1.165, 1.54) is 33.3 Å². The Morgan fingerprint density at radius 2 is 1.93 bits per heavy atom. The van der Waals surface area contributed by atoms with Gasteiger partial charge >= 0.3 is 0 Å². The van der Waals surface area contributed by atoms with Crippen molar-refractivity contribution in [3.8, 4) is 0 Å². The molecule has 2 aromatic rings. The molecule has 0 bridgehead atoms. The molecule has 78 valence electrons. The predicted molar refractivity (Wildman–Crippen MR) is 67.1 cm³/mol. The van der Waals surface area contributed by atoms with Gasteiger partial charge in [-0.2, -0.15) is 0 Å². The number of aromatic nitrogens is 1. The van der Waals surface area contributed by atoms with Gasteiger partial charge in [0.15, 0.2) is 0 Å². The predicted octanol–water partition coefficient (Wildman–Crippen LogP) is 4.21. The van der Waals surface area contributed by atoms with Crippen LogP contribution in [0.2, 0.25) is 0 Å². The van der Waals surface area contributed by atoms with Crippen molar-refractivity contribution in [1.82, 2.24) is 4.98 Å². The standard InChI is InChI=1S/C14H17N/c1-9(2)7-12-5-6-14-13(11(12)4)8-10(3)15-14/h5-8,15H,1-4H3. The van der Waals surface area contributed by atoms with Gasteiger partial charge in [0.25, 0.3) is 0 Å². The Kier molecular flexibility index (Phi) is 2.39. The van der Waals surface area contributed by atoms with Crippen molar-refractivity contribution in [1.29, 1.82) is 0 Å². The first-order valence-corrected chi connectivity index (χ1v) is 5.32. The Morgan fingerprint density at radius 1 is 1.20 bits per heavy atom. The summed E-state index contributed by atoms with van der Waals surface area (Å²) in [5, 5.41) is 1.34. The Labute approximate surface area is 90.8 Å². The van der Waals surface area contributed by atoms with Gasteiger partial charge < -0.3 is 4.98 Å². The molecule has 0 spiro atoms. The van der Waals surface area contributed by atoms with Gasteiger partial charge in [-0.15, -0.1) is 0 Å². The van der Waals surface area contributed by atoms with E-state index >= 15 is 0 Å². The fourth-order valence-electron chi connectivity index (χ4n) is 1.97. The third kappa shape index (κ3) is 1.82. The van der Waals surface area contributed by atoms with Gasteiger partial charge in [0, 0.05) is 16.6 Å². The van der Waals surface area contributed by atoms with Gasteiger partial charge in [0.05, 0.1) is 0 Å². The molecular weight excluding hydrogens is 182 g/mol. The van der Waals surface area contributed by atoms with Gasteiger partial charge in [-0.05, 0) is 51.0 Å². The number of rotatable bonds is 1. The van der Waals surface area contributed by atoms with E-state index in [1.54, 1.807) is 0 Å².